The van der Waals surface area contributed by atoms with Crippen molar-refractivity contribution in [3.05, 3.63) is 47.6 Å². The summed E-state index contributed by atoms with van der Waals surface area (Å²) < 4.78 is 4.85. The number of carbonyl (C=O) groups excluding carboxylic acids is 1. The van der Waals surface area contributed by atoms with Crippen molar-refractivity contribution in [1.82, 2.24) is 15.5 Å². The van der Waals surface area contributed by atoms with E-state index in [0.717, 1.165) is 5.56 Å². The van der Waals surface area contributed by atoms with Gasteiger partial charge in [0, 0.05) is 18.5 Å². The maximum absolute atomic E-state index is 11.8. The van der Waals surface area contributed by atoms with Crippen LogP contribution >= 0.6 is 0 Å². The van der Waals surface area contributed by atoms with Crippen LogP contribution in [0.4, 0.5) is 0 Å². The first-order valence-electron chi connectivity index (χ1n) is 5.31. The molecule has 0 spiro atoms. The molecule has 5 nitrogen and oxygen atoms in total. The molecule has 5 heteroatoms. The van der Waals surface area contributed by atoms with Crippen LogP contribution < -0.4 is 5.32 Å². The van der Waals surface area contributed by atoms with Gasteiger partial charge in [-0.1, -0.05) is 5.16 Å². The lowest BCUT2D eigenvalue weighted by Gasteiger charge is -2.12. The summed E-state index contributed by atoms with van der Waals surface area (Å²) in [7, 11) is 0. The summed E-state index contributed by atoms with van der Waals surface area (Å²) in [4.78, 5) is 15.7. The number of rotatable bonds is 3. The van der Waals surface area contributed by atoms with E-state index in [-0.39, 0.29) is 11.9 Å². The highest BCUT2D eigenvalue weighted by molar-refractivity contribution is 5.92. The first-order chi connectivity index (χ1) is 8.16. The van der Waals surface area contributed by atoms with Gasteiger partial charge in [-0.15, -0.1) is 0 Å². The second-order valence-corrected chi connectivity index (χ2v) is 3.80. The summed E-state index contributed by atoms with van der Waals surface area (Å²) in [6.45, 7) is 3.65. The first kappa shape index (κ1) is 11.3. The van der Waals surface area contributed by atoms with Gasteiger partial charge in [-0.05, 0) is 31.5 Å². The molecule has 1 N–H and O–H groups in total. The summed E-state index contributed by atoms with van der Waals surface area (Å²) in [5, 5.41) is 6.50. The Bertz CT molecular complexity index is 507. The predicted octanol–water partition coefficient (Wildman–Crippen LogP) is 1.87. The number of aromatic nitrogens is 2. The van der Waals surface area contributed by atoms with Crippen LogP contribution in [0.1, 0.15) is 34.8 Å². The molecule has 2 rings (SSSR count). The van der Waals surface area contributed by atoms with Crippen molar-refractivity contribution < 1.29 is 9.32 Å². The number of hydrogen-bond donors (Lipinski definition) is 1. The standard InChI is InChI=1S/C12H13N3O2/c1-8-7-11(15-17-8)12(16)14-9(2)10-3-5-13-6-4-10/h3-7,9H,1-2H3,(H,14,16)/t9-/m1/s1. The van der Waals surface area contributed by atoms with Crippen LogP contribution in [0.25, 0.3) is 0 Å². The van der Waals surface area contributed by atoms with E-state index in [1.165, 1.54) is 0 Å². The Morgan fingerprint density at radius 3 is 2.71 bits per heavy atom. The lowest BCUT2D eigenvalue weighted by Crippen LogP contribution is -2.26. The zero-order chi connectivity index (χ0) is 12.3. The molecule has 0 unspecified atom stereocenters. The van der Waals surface area contributed by atoms with Crippen molar-refractivity contribution in [2.45, 2.75) is 19.9 Å². The fraction of sp³-hybridized carbons (Fsp3) is 0.250. The average molecular weight is 231 g/mol. The molecule has 2 aromatic rings. The largest absolute Gasteiger partial charge is 0.361 e. The Hall–Kier alpha value is -2.17. The van der Waals surface area contributed by atoms with E-state index >= 15 is 0 Å². The molecule has 88 valence electrons. The second-order valence-electron chi connectivity index (χ2n) is 3.80. The maximum Gasteiger partial charge on any atom is 0.273 e. The molecule has 1 amide bonds. The molecule has 1 atom stereocenters. The molecule has 0 aliphatic rings. The number of nitrogens with one attached hydrogen (secondary N) is 1. The molecular weight excluding hydrogens is 218 g/mol. The van der Waals surface area contributed by atoms with Gasteiger partial charge < -0.3 is 9.84 Å². The molecule has 0 aromatic carbocycles. The first-order valence-corrected chi connectivity index (χ1v) is 5.31. The third-order valence-corrected chi connectivity index (χ3v) is 2.41. The molecule has 0 saturated carbocycles. The van der Waals surface area contributed by atoms with Gasteiger partial charge in [-0.25, -0.2) is 0 Å². The number of nitrogens with zero attached hydrogens (tertiary/aromatic N) is 2. The molecule has 0 fully saturated rings. The zero-order valence-electron chi connectivity index (χ0n) is 9.68. The molecule has 2 heterocycles. The third kappa shape index (κ3) is 2.69. The molecule has 2 aromatic heterocycles. The molecule has 0 bridgehead atoms. The van der Waals surface area contributed by atoms with Gasteiger partial charge in [0.15, 0.2) is 5.69 Å². The van der Waals surface area contributed by atoms with E-state index < -0.39 is 0 Å². The summed E-state index contributed by atoms with van der Waals surface area (Å²) in [5.74, 6) is 0.373. The topological polar surface area (TPSA) is 68.0 Å². The molecule has 0 radical (unpaired) electrons. The lowest BCUT2D eigenvalue weighted by molar-refractivity contribution is 0.0930. The number of hydrogen-bond acceptors (Lipinski definition) is 4. The number of amides is 1. The Balaban J connectivity index is 2.04. The Morgan fingerprint density at radius 1 is 1.41 bits per heavy atom. The monoisotopic (exact) mass is 231 g/mol. The molecule has 0 aliphatic heterocycles. The molecule has 17 heavy (non-hydrogen) atoms. The van der Waals surface area contributed by atoms with Crippen LogP contribution in [0.5, 0.6) is 0 Å². The van der Waals surface area contributed by atoms with Gasteiger partial charge in [-0.3, -0.25) is 9.78 Å². The fourth-order valence-corrected chi connectivity index (χ4v) is 1.48. The average Bonchev–Trinajstić information content (AvgIpc) is 2.77. The zero-order valence-corrected chi connectivity index (χ0v) is 9.68. The van der Waals surface area contributed by atoms with Gasteiger partial charge in [0.1, 0.15) is 5.76 Å². The minimum atomic E-state index is -0.244. The number of aryl methyl sites for hydroxylation is 1. The minimum Gasteiger partial charge on any atom is -0.361 e. The van der Waals surface area contributed by atoms with Crippen molar-refractivity contribution in [3.63, 3.8) is 0 Å². The highest BCUT2D eigenvalue weighted by atomic mass is 16.5. The van der Waals surface area contributed by atoms with Crippen LogP contribution in [0.3, 0.4) is 0 Å². The summed E-state index contributed by atoms with van der Waals surface area (Å²) in [5.41, 5.74) is 1.29. The maximum atomic E-state index is 11.8. The van der Waals surface area contributed by atoms with Crippen molar-refractivity contribution in [2.24, 2.45) is 0 Å². The van der Waals surface area contributed by atoms with E-state index in [1.54, 1.807) is 25.4 Å². The Morgan fingerprint density at radius 2 is 2.12 bits per heavy atom. The van der Waals surface area contributed by atoms with Gasteiger partial charge in [-0.2, -0.15) is 0 Å². The van der Waals surface area contributed by atoms with Crippen LogP contribution in [-0.2, 0) is 0 Å². The molecule has 0 aliphatic carbocycles. The van der Waals surface area contributed by atoms with Crippen molar-refractivity contribution in [2.75, 3.05) is 0 Å². The summed E-state index contributed by atoms with van der Waals surface area (Å²) in [6, 6.07) is 5.23. The van der Waals surface area contributed by atoms with E-state index in [4.69, 9.17) is 4.52 Å². The third-order valence-electron chi connectivity index (χ3n) is 2.41. The Kier molecular flexibility index (Phi) is 3.18. The highest BCUT2D eigenvalue weighted by Crippen LogP contribution is 2.11. The summed E-state index contributed by atoms with van der Waals surface area (Å²) in [6.07, 6.45) is 3.39. The van der Waals surface area contributed by atoms with Gasteiger partial charge >= 0.3 is 0 Å². The quantitative estimate of drug-likeness (QED) is 0.875. The lowest BCUT2D eigenvalue weighted by atomic mass is 10.1. The summed E-state index contributed by atoms with van der Waals surface area (Å²) >= 11 is 0. The van der Waals surface area contributed by atoms with Gasteiger partial charge in [0.2, 0.25) is 0 Å². The number of pyridine rings is 1. The second kappa shape index (κ2) is 4.78. The molecule has 0 saturated heterocycles. The minimum absolute atomic E-state index is 0.0949. The van der Waals surface area contributed by atoms with E-state index in [9.17, 15) is 4.79 Å². The van der Waals surface area contributed by atoms with Crippen LogP contribution in [0, 0.1) is 6.92 Å². The SMILES string of the molecule is Cc1cc(C(=O)N[C@H](C)c2ccncc2)no1. The normalized spacial score (nSPS) is 12.1. The predicted molar refractivity (Wildman–Crippen MR) is 61.4 cm³/mol. The highest BCUT2D eigenvalue weighted by Gasteiger charge is 2.14. The van der Waals surface area contributed by atoms with E-state index in [1.807, 2.05) is 19.1 Å². The van der Waals surface area contributed by atoms with Crippen LogP contribution in [0.2, 0.25) is 0 Å². The van der Waals surface area contributed by atoms with E-state index in [0.29, 0.717) is 11.5 Å². The van der Waals surface area contributed by atoms with Crippen molar-refractivity contribution in [1.29, 1.82) is 0 Å². The Labute approximate surface area is 98.8 Å². The smallest absolute Gasteiger partial charge is 0.273 e. The van der Waals surface area contributed by atoms with Crippen LogP contribution in [-0.4, -0.2) is 16.0 Å². The van der Waals surface area contributed by atoms with Gasteiger partial charge in [0.05, 0.1) is 6.04 Å². The van der Waals surface area contributed by atoms with Crippen LogP contribution in [0.15, 0.2) is 35.1 Å². The van der Waals surface area contributed by atoms with E-state index in [2.05, 4.69) is 15.5 Å². The fourth-order valence-electron chi connectivity index (χ4n) is 1.48. The molecular formula is C12H13N3O2. The van der Waals surface area contributed by atoms with Gasteiger partial charge in [0.25, 0.3) is 5.91 Å². The number of carbonyl (C=O) groups is 1. The van der Waals surface area contributed by atoms with Crippen molar-refractivity contribution in [3.8, 4) is 0 Å². The van der Waals surface area contributed by atoms with Crippen molar-refractivity contribution >= 4 is 5.91 Å².